The van der Waals surface area contributed by atoms with E-state index < -0.39 is 10.9 Å². The predicted molar refractivity (Wildman–Crippen MR) is 65.3 cm³/mol. The van der Waals surface area contributed by atoms with Gasteiger partial charge in [-0.15, -0.1) is 0 Å². The number of rotatable bonds is 2. The minimum absolute atomic E-state index is 0.0855. The lowest BCUT2D eigenvalue weighted by Gasteiger charge is -2.09. The van der Waals surface area contributed by atoms with Gasteiger partial charge < -0.3 is 5.73 Å². The van der Waals surface area contributed by atoms with E-state index in [1.54, 1.807) is 0 Å². The van der Waals surface area contributed by atoms with Crippen molar-refractivity contribution in [2.75, 3.05) is 5.73 Å². The molecule has 0 heterocycles. The number of anilines is 1. The van der Waals surface area contributed by atoms with Crippen molar-refractivity contribution in [1.82, 2.24) is 0 Å². The van der Waals surface area contributed by atoms with Crippen LogP contribution in [-0.2, 0) is 0 Å². The molecule has 0 aromatic heterocycles. The number of hydrogen-bond acceptors (Lipinski definition) is 3. The number of benzene rings is 1. The molecule has 0 unspecified atom stereocenters. The molecule has 0 bridgehead atoms. The zero-order chi connectivity index (χ0) is 11.9. The fraction of sp³-hybridized carbons (Fsp3) is 0.231. The van der Waals surface area contributed by atoms with Crippen LogP contribution < -0.4 is 16.6 Å². The van der Waals surface area contributed by atoms with Crippen molar-refractivity contribution in [2.45, 2.75) is 19.8 Å². The summed E-state index contributed by atoms with van der Waals surface area (Å²) in [5, 5.41) is 0. The molecule has 0 saturated heterocycles. The highest BCUT2D eigenvalue weighted by Crippen LogP contribution is 2.23. The number of nitrogens with two attached hydrogens (primary N) is 1. The van der Waals surface area contributed by atoms with Gasteiger partial charge in [0, 0.05) is 0 Å². The molecular weight excluding hydrogens is 202 g/mol. The lowest BCUT2D eigenvalue weighted by Crippen LogP contribution is -2.35. The van der Waals surface area contributed by atoms with Gasteiger partial charge in [0.05, 0.1) is 11.3 Å². The summed E-state index contributed by atoms with van der Waals surface area (Å²) < 4.78 is 0. The average Bonchev–Trinajstić information content (AvgIpc) is 2.29. The van der Waals surface area contributed by atoms with E-state index >= 15 is 0 Å². The van der Waals surface area contributed by atoms with Crippen LogP contribution in [0, 0.1) is 0 Å². The first-order chi connectivity index (χ1) is 7.52. The van der Waals surface area contributed by atoms with Crippen molar-refractivity contribution in [3.05, 3.63) is 50.3 Å². The lowest BCUT2D eigenvalue weighted by molar-refractivity contribution is 0.867. The molecule has 0 amide bonds. The largest absolute Gasteiger partial charge is 0.395 e. The van der Waals surface area contributed by atoms with Gasteiger partial charge >= 0.3 is 0 Å². The minimum Gasteiger partial charge on any atom is -0.395 e. The Morgan fingerprint density at radius 3 is 2.00 bits per heavy atom. The highest BCUT2D eigenvalue weighted by Gasteiger charge is 2.19. The van der Waals surface area contributed by atoms with Crippen molar-refractivity contribution in [3.63, 3.8) is 0 Å². The average molecular weight is 215 g/mol. The highest BCUT2D eigenvalue weighted by atomic mass is 16.2. The molecule has 2 aromatic carbocycles. The Labute approximate surface area is 93.2 Å². The Morgan fingerprint density at radius 1 is 1.00 bits per heavy atom. The van der Waals surface area contributed by atoms with Crippen molar-refractivity contribution in [2.24, 2.45) is 0 Å². The van der Waals surface area contributed by atoms with Gasteiger partial charge in [-0.05, 0) is 17.0 Å². The van der Waals surface area contributed by atoms with Crippen LogP contribution in [0.1, 0.15) is 25.3 Å². The molecular formula is C13H13NO2. The maximum Gasteiger partial charge on any atom is 0.249 e. The van der Waals surface area contributed by atoms with E-state index in [9.17, 15) is 9.59 Å². The second-order valence-corrected chi connectivity index (χ2v) is 4.22. The zero-order valence-electron chi connectivity index (χ0n) is 9.28. The fourth-order valence-electron chi connectivity index (χ4n) is 1.73. The highest BCUT2D eigenvalue weighted by molar-refractivity contribution is 5.80. The molecule has 2 rings (SSSR count). The van der Waals surface area contributed by atoms with Gasteiger partial charge in [-0.25, -0.2) is 0 Å². The Balaban J connectivity index is 2.44. The number of nitrogen functional groups attached to an aromatic ring is 1. The van der Waals surface area contributed by atoms with Gasteiger partial charge in [-0.1, -0.05) is 38.1 Å². The van der Waals surface area contributed by atoms with Gasteiger partial charge in [-0.2, -0.15) is 0 Å². The topological polar surface area (TPSA) is 60.2 Å². The van der Waals surface area contributed by atoms with E-state index in [-0.39, 0.29) is 5.69 Å². The van der Waals surface area contributed by atoms with Gasteiger partial charge in [0.25, 0.3) is 0 Å². The normalized spacial score (nSPS) is 11.2. The summed E-state index contributed by atoms with van der Waals surface area (Å²) in [6.45, 7) is 4.20. The van der Waals surface area contributed by atoms with E-state index in [1.165, 1.54) is 5.56 Å². The third-order valence-electron chi connectivity index (χ3n) is 2.81. The van der Waals surface area contributed by atoms with Gasteiger partial charge in [0.1, 0.15) is 0 Å². The Bertz CT molecular complexity index is 587. The van der Waals surface area contributed by atoms with E-state index in [4.69, 9.17) is 5.73 Å². The van der Waals surface area contributed by atoms with Crippen molar-refractivity contribution in [3.8, 4) is 11.1 Å². The summed E-state index contributed by atoms with van der Waals surface area (Å²) in [7, 11) is 0. The maximum absolute atomic E-state index is 11.3. The maximum atomic E-state index is 11.3. The van der Waals surface area contributed by atoms with Crippen LogP contribution in [0.25, 0.3) is 11.1 Å². The first-order valence-electron chi connectivity index (χ1n) is 5.21. The molecule has 82 valence electrons. The molecule has 3 nitrogen and oxygen atoms in total. The Morgan fingerprint density at radius 2 is 1.56 bits per heavy atom. The summed E-state index contributed by atoms with van der Waals surface area (Å²) in [5.74, 6) is 0.444. The van der Waals surface area contributed by atoms with Crippen molar-refractivity contribution >= 4 is 5.69 Å². The van der Waals surface area contributed by atoms with E-state index in [2.05, 4.69) is 13.8 Å². The molecule has 2 aromatic rings. The van der Waals surface area contributed by atoms with Crippen LogP contribution in [0.4, 0.5) is 5.69 Å². The first kappa shape index (κ1) is 10.6. The fourth-order valence-corrected chi connectivity index (χ4v) is 1.73. The summed E-state index contributed by atoms with van der Waals surface area (Å²) in [6, 6.07) is 7.58. The summed E-state index contributed by atoms with van der Waals surface area (Å²) in [6.07, 6.45) is 0. The van der Waals surface area contributed by atoms with Crippen LogP contribution in [0.15, 0.2) is 33.9 Å². The SMILES string of the molecule is CC(C)c1ccc(-c2c(N)c(=O)c2=O)cc1. The van der Waals surface area contributed by atoms with Crippen LogP contribution in [-0.4, -0.2) is 0 Å². The van der Waals surface area contributed by atoms with Crippen LogP contribution in [0.3, 0.4) is 0 Å². The molecule has 0 radical (unpaired) electrons. The quantitative estimate of drug-likeness (QED) is 0.775. The monoisotopic (exact) mass is 215 g/mol. The molecule has 0 aliphatic carbocycles. The van der Waals surface area contributed by atoms with Gasteiger partial charge in [-0.3, -0.25) is 9.59 Å². The van der Waals surface area contributed by atoms with Crippen LogP contribution >= 0.6 is 0 Å². The second kappa shape index (κ2) is 3.59. The molecule has 16 heavy (non-hydrogen) atoms. The standard InChI is InChI=1S/C13H13NO2/c1-7(2)8-3-5-9(6-4-8)10-11(14)13(16)12(10)15/h3-7H,14H2,1-2H3. The number of hydrogen-bond donors (Lipinski definition) is 1. The third-order valence-corrected chi connectivity index (χ3v) is 2.81. The summed E-state index contributed by atoms with van der Waals surface area (Å²) >= 11 is 0. The molecule has 0 aliphatic heterocycles. The summed E-state index contributed by atoms with van der Waals surface area (Å²) in [5.41, 5.74) is 6.82. The van der Waals surface area contributed by atoms with Crippen LogP contribution in [0.5, 0.6) is 0 Å². The lowest BCUT2D eigenvalue weighted by atomic mass is 9.95. The molecule has 3 heteroatoms. The third kappa shape index (κ3) is 1.45. The second-order valence-electron chi connectivity index (χ2n) is 4.22. The Hall–Kier alpha value is -1.90. The smallest absolute Gasteiger partial charge is 0.249 e. The Kier molecular flexibility index (Phi) is 2.38. The van der Waals surface area contributed by atoms with E-state index in [0.717, 1.165) is 5.56 Å². The molecule has 0 aliphatic rings. The van der Waals surface area contributed by atoms with Crippen LogP contribution in [0.2, 0.25) is 0 Å². The summed E-state index contributed by atoms with van der Waals surface area (Å²) in [4.78, 5) is 22.3. The first-order valence-corrected chi connectivity index (χ1v) is 5.21. The minimum atomic E-state index is -0.567. The molecule has 2 N–H and O–H groups in total. The molecule has 0 fully saturated rings. The van der Waals surface area contributed by atoms with E-state index in [0.29, 0.717) is 11.5 Å². The molecule has 0 spiro atoms. The van der Waals surface area contributed by atoms with E-state index in [1.807, 2.05) is 24.3 Å². The predicted octanol–water partition coefficient (Wildman–Crippen LogP) is 1.66. The van der Waals surface area contributed by atoms with Crippen molar-refractivity contribution < 1.29 is 0 Å². The molecule has 0 saturated carbocycles. The van der Waals surface area contributed by atoms with Gasteiger partial charge in [0.15, 0.2) is 0 Å². The molecule has 0 atom stereocenters. The van der Waals surface area contributed by atoms with Crippen molar-refractivity contribution in [1.29, 1.82) is 0 Å². The zero-order valence-corrected chi connectivity index (χ0v) is 9.28. The van der Waals surface area contributed by atoms with Gasteiger partial charge in [0.2, 0.25) is 10.9 Å².